The molecule has 0 aromatic heterocycles. The van der Waals surface area contributed by atoms with Crippen molar-refractivity contribution < 1.29 is 42.9 Å². The Balaban J connectivity index is 4.21. The molecule has 0 rings (SSSR count). The highest BCUT2D eigenvalue weighted by molar-refractivity contribution is 5.71. The van der Waals surface area contributed by atoms with Crippen LogP contribution in [-0.2, 0) is 33.3 Å². The lowest BCUT2D eigenvalue weighted by molar-refractivity contribution is -0.870. The quantitative estimate of drug-likeness (QED) is 0.0211. The SMILES string of the molecule is CC/C=C\C/C=C\C/C=C\C/C=C\C/C=C\C/C=C\C/C=C\CCCCCCCCCC(=O)OC(COC(=O)CCCCCCCCCCCCCCCCCCCCCCCCCCC)COC(OCC[N+](C)(C)C)C(=O)O. The Morgan fingerprint density at radius 2 is 0.722 bits per heavy atom. The summed E-state index contributed by atoms with van der Waals surface area (Å²) < 4.78 is 22.9. The molecule has 79 heavy (non-hydrogen) atoms. The Labute approximate surface area is 487 Å². The van der Waals surface area contributed by atoms with Crippen molar-refractivity contribution in [3.63, 3.8) is 0 Å². The molecule has 0 heterocycles. The summed E-state index contributed by atoms with van der Waals surface area (Å²) in [5.41, 5.74) is 0. The van der Waals surface area contributed by atoms with E-state index in [1.807, 2.05) is 21.1 Å². The highest BCUT2D eigenvalue weighted by atomic mass is 16.7. The minimum Gasteiger partial charge on any atom is -0.477 e. The summed E-state index contributed by atoms with van der Waals surface area (Å²) in [6.45, 7) is 4.78. The van der Waals surface area contributed by atoms with Gasteiger partial charge in [-0.1, -0.05) is 285 Å². The number of hydrogen-bond donors (Lipinski definition) is 1. The minimum absolute atomic E-state index is 0.183. The summed E-state index contributed by atoms with van der Waals surface area (Å²) in [5, 5.41) is 9.73. The van der Waals surface area contributed by atoms with Gasteiger partial charge in [-0.3, -0.25) is 9.59 Å². The predicted octanol–water partition coefficient (Wildman–Crippen LogP) is 19.9. The molecule has 0 aromatic carbocycles. The van der Waals surface area contributed by atoms with Gasteiger partial charge in [0.05, 0.1) is 34.4 Å². The zero-order chi connectivity index (χ0) is 57.6. The molecule has 0 aliphatic carbocycles. The number of allylic oxidation sites excluding steroid dienone is 14. The molecule has 0 aliphatic heterocycles. The second kappa shape index (κ2) is 60.6. The first-order chi connectivity index (χ1) is 38.6. The molecule has 0 saturated carbocycles. The number of ether oxygens (including phenoxy) is 4. The van der Waals surface area contributed by atoms with E-state index in [1.165, 1.54) is 161 Å². The van der Waals surface area contributed by atoms with Crippen LogP contribution in [0.5, 0.6) is 0 Å². The topological polar surface area (TPSA) is 108 Å². The predicted molar refractivity (Wildman–Crippen MR) is 336 cm³/mol. The zero-order valence-corrected chi connectivity index (χ0v) is 52.0. The van der Waals surface area contributed by atoms with E-state index in [1.54, 1.807) is 0 Å². The van der Waals surface area contributed by atoms with E-state index in [-0.39, 0.29) is 32.2 Å². The van der Waals surface area contributed by atoms with Crippen molar-refractivity contribution in [2.45, 2.75) is 296 Å². The third kappa shape index (κ3) is 61.9. The van der Waals surface area contributed by atoms with Gasteiger partial charge in [0.25, 0.3) is 6.29 Å². The fourth-order valence-electron chi connectivity index (χ4n) is 9.17. The van der Waals surface area contributed by atoms with Gasteiger partial charge >= 0.3 is 17.9 Å². The number of rotatable bonds is 60. The summed E-state index contributed by atoms with van der Waals surface area (Å²) in [6, 6.07) is 0. The zero-order valence-electron chi connectivity index (χ0n) is 52.0. The van der Waals surface area contributed by atoms with Crippen LogP contribution < -0.4 is 0 Å². The maximum atomic E-state index is 12.9. The van der Waals surface area contributed by atoms with Crippen LogP contribution in [0.15, 0.2) is 85.1 Å². The standard InChI is InChI=1S/C70H123NO8/c1-6-8-10-12-14-16-18-20-22-24-26-28-30-32-33-34-35-37-39-41-43-45-47-49-51-53-55-57-59-61-68(73)79-66(65-78-70(69(74)75)76-63-62-71(3,4)5)64-77-67(72)60-58-56-54-52-50-48-46-44-42-40-38-36-31-29-27-25-23-21-19-17-15-13-11-9-7-2/h8,10,14,16,20,22,26,28,32-33,35,37,41,43,66,70H,6-7,9,11-13,15,17-19,21,23-25,27,29-31,34,36,38-40,42,44-65H2,1-5H3/p+1/b10-8-,16-14-,22-20-,28-26-,33-32-,37-35-,43-41-. The molecule has 0 radical (unpaired) electrons. The van der Waals surface area contributed by atoms with E-state index in [9.17, 15) is 19.5 Å². The second-order valence-corrected chi connectivity index (χ2v) is 23.1. The van der Waals surface area contributed by atoms with E-state index in [4.69, 9.17) is 18.9 Å². The average Bonchev–Trinajstić information content (AvgIpc) is 3.42. The Morgan fingerprint density at radius 1 is 0.392 bits per heavy atom. The monoisotopic (exact) mass is 1110 g/mol. The van der Waals surface area contributed by atoms with Crippen LogP contribution in [-0.4, -0.2) is 87.4 Å². The number of quaternary nitrogens is 1. The largest absolute Gasteiger partial charge is 0.477 e. The first-order valence-electron chi connectivity index (χ1n) is 32.8. The van der Waals surface area contributed by atoms with Crippen LogP contribution in [0.1, 0.15) is 284 Å². The van der Waals surface area contributed by atoms with E-state index in [2.05, 4.69) is 98.9 Å². The summed E-state index contributed by atoms with van der Waals surface area (Å²) in [5.74, 6) is -2.01. The number of likely N-dealkylation sites (N-methyl/N-ethyl adjacent to an activating group) is 1. The minimum atomic E-state index is -1.52. The van der Waals surface area contributed by atoms with Crippen molar-refractivity contribution in [1.29, 1.82) is 0 Å². The highest BCUT2D eigenvalue weighted by Crippen LogP contribution is 2.17. The lowest BCUT2D eigenvalue weighted by Crippen LogP contribution is -2.40. The Bertz CT molecular complexity index is 1570. The van der Waals surface area contributed by atoms with Crippen molar-refractivity contribution in [1.82, 2.24) is 0 Å². The fourth-order valence-corrected chi connectivity index (χ4v) is 9.17. The number of unbranched alkanes of at least 4 members (excludes halogenated alkanes) is 31. The number of carbonyl (C=O) groups excluding carboxylic acids is 2. The van der Waals surface area contributed by atoms with Crippen LogP contribution in [0, 0.1) is 0 Å². The lowest BCUT2D eigenvalue weighted by atomic mass is 10.0. The summed E-state index contributed by atoms with van der Waals surface area (Å²) in [7, 11) is 5.97. The number of esters is 2. The molecule has 0 aromatic rings. The molecule has 2 atom stereocenters. The smallest absolute Gasteiger partial charge is 0.361 e. The summed E-state index contributed by atoms with van der Waals surface area (Å²) in [6.07, 6.45) is 78.2. The van der Waals surface area contributed by atoms with Gasteiger partial charge in [-0.15, -0.1) is 0 Å². The Morgan fingerprint density at radius 3 is 1.08 bits per heavy atom. The fraction of sp³-hybridized carbons (Fsp3) is 0.757. The molecule has 9 heteroatoms. The number of hydrogen-bond acceptors (Lipinski definition) is 7. The molecular formula is C70H124NO8+. The van der Waals surface area contributed by atoms with Crippen LogP contribution in [0.4, 0.5) is 0 Å². The van der Waals surface area contributed by atoms with Gasteiger partial charge in [0.2, 0.25) is 0 Å². The first kappa shape index (κ1) is 75.5. The van der Waals surface area contributed by atoms with Crippen LogP contribution in [0.2, 0.25) is 0 Å². The molecule has 1 N–H and O–H groups in total. The Hall–Kier alpha value is -3.53. The van der Waals surface area contributed by atoms with E-state index < -0.39 is 24.3 Å². The van der Waals surface area contributed by atoms with Crippen molar-refractivity contribution in [3.8, 4) is 0 Å². The second-order valence-electron chi connectivity index (χ2n) is 23.1. The van der Waals surface area contributed by atoms with E-state index >= 15 is 0 Å². The lowest BCUT2D eigenvalue weighted by Gasteiger charge is -2.25. The molecule has 0 aliphatic rings. The molecule has 0 amide bonds. The molecule has 0 saturated heterocycles. The van der Waals surface area contributed by atoms with Crippen molar-refractivity contribution in [2.75, 3.05) is 47.5 Å². The molecular weight excluding hydrogens is 983 g/mol. The number of carbonyl (C=O) groups is 3. The van der Waals surface area contributed by atoms with Gasteiger partial charge in [0.1, 0.15) is 13.2 Å². The van der Waals surface area contributed by atoms with E-state index in [0.717, 1.165) is 89.9 Å². The summed E-state index contributed by atoms with van der Waals surface area (Å²) >= 11 is 0. The van der Waals surface area contributed by atoms with Crippen molar-refractivity contribution in [3.05, 3.63) is 85.1 Å². The van der Waals surface area contributed by atoms with Crippen LogP contribution >= 0.6 is 0 Å². The number of carboxylic acids is 1. The van der Waals surface area contributed by atoms with Crippen LogP contribution in [0.3, 0.4) is 0 Å². The maximum Gasteiger partial charge on any atom is 0.361 e. The number of carboxylic acid groups (broad SMARTS) is 1. The van der Waals surface area contributed by atoms with Gasteiger partial charge in [-0.2, -0.15) is 0 Å². The molecule has 0 bridgehead atoms. The van der Waals surface area contributed by atoms with Gasteiger partial charge in [-0.25, -0.2) is 4.79 Å². The highest BCUT2D eigenvalue weighted by Gasteiger charge is 2.25. The molecule has 0 spiro atoms. The van der Waals surface area contributed by atoms with Crippen LogP contribution in [0.25, 0.3) is 0 Å². The average molecular weight is 1110 g/mol. The maximum absolute atomic E-state index is 12.9. The molecule has 456 valence electrons. The van der Waals surface area contributed by atoms with Crippen molar-refractivity contribution in [2.24, 2.45) is 0 Å². The molecule has 2 unspecified atom stereocenters. The van der Waals surface area contributed by atoms with Gasteiger partial charge in [-0.05, 0) is 70.6 Å². The number of nitrogens with zero attached hydrogens (tertiary/aromatic N) is 1. The third-order valence-electron chi connectivity index (χ3n) is 14.2. The number of aliphatic carboxylic acids is 1. The first-order valence-corrected chi connectivity index (χ1v) is 32.8. The van der Waals surface area contributed by atoms with Crippen molar-refractivity contribution >= 4 is 17.9 Å². The molecule has 0 fully saturated rings. The van der Waals surface area contributed by atoms with Gasteiger partial charge in [0.15, 0.2) is 6.10 Å². The Kier molecular flexibility index (Phi) is 57.9. The normalized spacial score (nSPS) is 13.3. The molecule has 9 nitrogen and oxygen atoms in total. The van der Waals surface area contributed by atoms with Gasteiger partial charge < -0.3 is 28.5 Å². The third-order valence-corrected chi connectivity index (χ3v) is 14.2. The van der Waals surface area contributed by atoms with E-state index in [0.29, 0.717) is 23.9 Å². The van der Waals surface area contributed by atoms with Gasteiger partial charge in [0, 0.05) is 12.8 Å². The summed E-state index contributed by atoms with van der Waals surface area (Å²) in [4.78, 5) is 37.6.